The van der Waals surface area contributed by atoms with Gasteiger partial charge in [-0.2, -0.15) is 11.8 Å². The fourth-order valence-corrected chi connectivity index (χ4v) is 3.30. The van der Waals surface area contributed by atoms with Gasteiger partial charge in [0.2, 0.25) is 5.28 Å². The predicted octanol–water partition coefficient (Wildman–Crippen LogP) is 4.07. The lowest BCUT2D eigenvalue weighted by atomic mass is 10.3. The smallest absolute Gasteiger partial charge is 0.225 e. The van der Waals surface area contributed by atoms with Crippen molar-refractivity contribution in [1.82, 2.24) is 9.97 Å². The first-order chi connectivity index (χ1) is 8.74. The monoisotopic (exact) mass is 301 g/mol. The van der Waals surface area contributed by atoms with Crippen molar-refractivity contribution >= 4 is 50.7 Å². The molecule has 0 fully saturated rings. The van der Waals surface area contributed by atoms with E-state index in [1.54, 1.807) is 11.3 Å². The van der Waals surface area contributed by atoms with Gasteiger partial charge in [-0.1, -0.05) is 6.92 Å². The van der Waals surface area contributed by atoms with E-state index in [2.05, 4.69) is 34.5 Å². The van der Waals surface area contributed by atoms with E-state index in [-0.39, 0.29) is 0 Å². The molecule has 2 heterocycles. The summed E-state index contributed by atoms with van der Waals surface area (Å²) in [5, 5.41) is 4.77. The third-order valence-electron chi connectivity index (χ3n) is 2.58. The average Bonchev–Trinajstić information content (AvgIpc) is 2.77. The Morgan fingerprint density at radius 3 is 3.00 bits per heavy atom. The van der Waals surface area contributed by atoms with Crippen molar-refractivity contribution in [2.24, 2.45) is 0 Å². The Kier molecular flexibility index (Phi) is 5.09. The first-order valence-corrected chi connectivity index (χ1v) is 8.52. The number of halogens is 1. The molecule has 0 bridgehead atoms. The maximum absolute atomic E-state index is 5.96. The zero-order valence-electron chi connectivity index (χ0n) is 10.5. The molecule has 0 radical (unpaired) electrons. The quantitative estimate of drug-likeness (QED) is 0.644. The Balaban J connectivity index is 2.21. The molecule has 6 heteroatoms. The summed E-state index contributed by atoms with van der Waals surface area (Å²) in [4.78, 5) is 10.9. The molecule has 0 saturated heterocycles. The van der Waals surface area contributed by atoms with Crippen LogP contribution in [0.4, 0.5) is 5.82 Å². The summed E-state index contributed by atoms with van der Waals surface area (Å²) in [6, 6.07) is 2.16. The highest BCUT2D eigenvalue weighted by Crippen LogP contribution is 2.30. The molecule has 3 nitrogen and oxygen atoms in total. The van der Waals surface area contributed by atoms with Crippen molar-refractivity contribution in [1.29, 1.82) is 0 Å². The largest absolute Gasteiger partial charge is 0.369 e. The van der Waals surface area contributed by atoms with Crippen molar-refractivity contribution < 1.29 is 0 Å². The van der Waals surface area contributed by atoms with Gasteiger partial charge in [-0.3, -0.25) is 0 Å². The lowest BCUT2D eigenvalue weighted by Gasteiger charge is -2.06. The van der Waals surface area contributed by atoms with E-state index < -0.39 is 0 Å². The van der Waals surface area contributed by atoms with Crippen LogP contribution in [0.3, 0.4) is 0 Å². The van der Waals surface area contributed by atoms with Crippen LogP contribution in [0.25, 0.3) is 10.2 Å². The van der Waals surface area contributed by atoms with E-state index in [1.807, 2.05) is 11.8 Å². The standard InChI is InChI=1S/C12H16ClN3S2/c1-3-8-7-9-10(14-5-4-6-17-2)15-12(13)16-11(9)18-8/h7H,3-6H2,1-2H3,(H,14,15,16). The summed E-state index contributed by atoms with van der Waals surface area (Å²) in [5.74, 6) is 2.01. The van der Waals surface area contributed by atoms with E-state index >= 15 is 0 Å². The number of nitrogens with one attached hydrogen (secondary N) is 1. The molecule has 0 aromatic carbocycles. The molecule has 0 spiro atoms. The number of fused-ring (bicyclic) bond motifs is 1. The minimum absolute atomic E-state index is 0.319. The van der Waals surface area contributed by atoms with Crippen molar-refractivity contribution in [3.63, 3.8) is 0 Å². The lowest BCUT2D eigenvalue weighted by Crippen LogP contribution is -2.05. The third kappa shape index (κ3) is 3.28. The molecular formula is C12H16ClN3S2. The van der Waals surface area contributed by atoms with Gasteiger partial charge in [-0.15, -0.1) is 11.3 Å². The number of hydrogen-bond donors (Lipinski definition) is 1. The molecule has 2 aromatic heterocycles. The predicted molar refractivity (Wildman–Crippen MR) is 83.3 cm³/mol. The second kappa shape index (κ2) is 6.59. The SMILES string of the molecule is CCc1cc2c(NCCCSC)nc(Cl)nc2s1. The summed E-state index contributed by atoms with van der Waals surface area (Å²) < 4.78 is 0. The Morgan fingerprint density at radius 2 is 2.28 bits per heavy atom. The summed E-state index contributed by atoms with van der Waals surface area (Å²) in [7, 11) is 0. The van der Waals surface area contributed by atoms with Gasteiger partial charge < -0.3 is 5.32 Å². The minimum atomic E-state index is 0.319. The number of rotatable bonds is 6. The highest BCUT2D eigenvalue weighted by molar-refractivity contribution is 7.98. The molecule has 18 heavy (non-hydrogen) atoms. The fourth-order valence-electron chi connectivity index (χ4n) is 1.68. The summed E-state index contributed by atoms with van der Waals surface area (Å²) >= 11 is 9.50. The van der Waals surface area contributed by atoms with Gasteiger partial charge in [0.1, 0.15) is 10.6 Å². The van der Waals surface area contributed by atoms with Crippen LogP contribution in [0.2, 0.25) is 5.28 Å². The Labute approximate surface area is 120 Å². The maximum atomic E-state index is 5.96. The highest BCUT2D eigenvalue weighted by atomic mass is 35.5. The van der Waals surface area contributed by atoms with Crippen LogP contribution in [0.1, 0.15) is 18.2 Å². The van der Waals surface area contributed by atoms with Crippen LogP contribution in [-0.4, -0.2) is 28.5 Å². The van der Waals surface area contributed by atoms with Crippen molar-refractivity contribution in [2.75, 3.05) is 23.9 Å². The maximum Gasteiger partial charge on any atom is 0.225 e. The Bertz CT molecular complexity index is 527. The van der Waals surface area contributed by atoms with Crippen LogP contribution in [0, 0.1) is 0 Å². The number of thioether (sulfide) groups is 1. The first kappa shape index (κ1) is 13.9. The van der Waals surface area contributed by atoms with Crippen molar-refractivity contribution in [2.45, 2.75) is 19.8 Å². The van der Waals surface area contributed by atoms with Gasteiger partial charge >= 0.3 is 0 Å². The number of anilines is 1. The number of hydrogen-bond acceptors (Lipinski definition) is 5. The van der Waals surface area contributed by atoms with Gasteiger partial charge in [-0.25, -0.2) is 9.97 Å². The van der Waals surface area contributed by atoms with Gasteiger partial charge in [0.05, 0.1) is 5.39 Å². The molecule has 0 amide bonds. The zero-order chi connectivity index (χ0) is 13.0. The van der Waals surface area contributed by atoms with Gasteiger partial charge in [0.25, 0.3) is 0 Å². The molecule has 98 valence electrons. The second-order valence-electron chi connectivity index (χ2n) is 3.90. The van der Waals surface area contributed by atoms with E-state index in [4.69, 9.17) is 11.6 Å². The van der Waals surface area contributed by atoms with E-state index in [0.717, 1.165) is 41.2 Å². The van der Waals surface area contributed by atoms with Gasteiger partial charge in [0.15, 0.2) is 0 Å². The van der Waals surface area contributed by atoms with Gasteiger partial charge in [-0.05, 0) is 42.5 Å². The van der Waals surface area contributed by atoms with Crippen LogP contribution < -0.4 is 5.32 Å². The normalized spacial score (nSPS) is 11.1. The first-order valence-electron chi connectivity index (χ1n) is 5.93. The van der Waals surface area contributed by atoms with Crippen molar-refractivity contribution in [3.8, 4) is 0 Å². The molecule has 0 unspecified atom stereocenters. The van der Waals surface area contributed by atoms with Gasteiger partial charge in [0, 0.05) is 11.4 Å². The highest BCUT2D eigenvalue weighted by Gasteiger charge is 2.09. The zero-order valence-corrected chi connectivity index (χ0v) is 12.9. The molecule has 0 atom stereocenters. The topological polar surface area (TPSA) is 37.8 Å². The van der Waals surface area contributed by atoms with Crippen molar-refractivity contribution in [3.05, 3.63) is 16.2 Å². The molecule has 0 aliphatic rings. The number of aromatic nitrogens is 2. The Hall–Kier alpha value is -0.520. The minimum Gasteiger partial charge on any atom is -0.369 e. The molecule has 0 saturated carbocycles. The summed E-state index contributed by atoms with van der Waals surface area (Å²) in [6.07, 6.45) is 4.26. The van der Waals surface area contributed by atoms with E-state index in [1.165, 1.54) is 4.88 Å². The number of nitrogens with zero attached hydrogens (tertiary/aromatic N) is 2. The molecule has 2 aromatic rings. The number of thiophene rings is 1. The molecule has 0 aliphatic carbocycles. The second-order valence-corrected chi connectivity index (χ2v) is 6.34. The third-order valence-corrected chi connectivity index (χ3v) is 4.62. The molecular weight excluding hydrogens is 286 g/mol. The van der Waals surface area contributed by atoms with Crippen LogP contribution in [-0.2, 0) is 6.42 Å². The Morgan fingerprint density at radius 1 is 1.44 bits per heavy atom. The van der Waals surface area contributed by atoms with E-state index in [9.17, 15) is 0 Å². The number of aryl methyl sites for hydroxylation is 1. The van der Waals surface area contributed by atoms with Crippen LogP contribution in [0.5, 0.6) is 0 Å². The fraction of sp³-hybridized carbons (Fsp3) is 0.500. The molecule has 1 N–H and O–H groups in total. The van der Waals surface area contributed by atoms with E-state index in [0.29, 0.717) is 5.28 Å². The van der Waals surface area contributed by atoms with Crippen LogP contribution >= 0.6 is 34.7 Å². The van der Waals surface area contributed by atoms with Crippen LogP contribution in [0.15, 0.2) is 6.07 Å². The lowest BCUT2D eigenvalue weighted by molar-refractivity contribution is 0.982. The summed E-state index contributed by atoms with van der Waals surface area (Å²) in [6.45, 7) is 3.06. The summed E-state index contributed by atoms with van der Waals surface area (Å²) in [5.41, 5.74) is 0. The average molecular weight is 302 g/mol. The molecule has 2 rings (SSSR count). The molecule has 0 aliphatic heterocycles.